The zero-order valence-electron chi connectivity index (χ0n) is 11.2. The number of carbonyl (C=O) groups excluding carboxylic acids is 2. The number of amides is 2. The van der Waals surface area contributed by atoms with Crippen LogP contribution < -0.4 is 16.0 Å². The van der Waals surface area contributed by atoms with Crippen LogP contribution in [0.2, 0.25) is 0 Å². The van der Waals surface area contributed by atoms with Crippen molar-refractivity contribution in [1.82, 2.24) is 16.0 Å². The van der Waals surface area contributed by atoms with E-state index in [0.717, 1.165) is 25.9 Å². The third-order valence-electron chi connectivity index (χ3n) is 3.11. The van der Waals surface area contributed by atoms with Gasteiger partial charge in [-0.3, -0.25) is 9.59 Å². The second kappa shape index (κ2) is 8.55. The second-order valence-corrected chi connectivity index (χ2v) is 4.66. The highest BCUT2D eigenvalue weighted by Gasteiger charge is 2.15. The first-order valence-electron chi connectivity index (χ1n) is 6.59. The standard InChI is InChI=1S/C14H19N3O2.ClH/c18-13(17-12-7-4-8-15-9-12)10-16-14(19)11-5-2-1-3-6-11;/h1-3,5-6,12,15H,4,7-10H2,(H,16,19)(H,17,18);1H. The van der Waals surface area contributed by atoms with Crippen LogP contribution in [0.15, 0.2) is 30.3 Å². The number of nitrogens with one attached hydrogen (secondary N) is 3. The van der Waals surface area contributed by atoms with E-state index in [0.29, 0.717) is 5.56 Å². The summed E-state index contributed by atoms with van der Waals surface area (Å²) in [5.41, 5.74) is 0.564. The average molecular weight is 298 g/mol. The molecule has 1 heterocycles. The van der Waals surface area contributed by atoms with Crippen molar-refractivity contribution in [2.75, 3.05) is 19.6 Å². The van der Waals surface area contributed by atoms with Gasteiger partial charge in [-0.1, -0.05) is 18.2 Å². The highest BCUT2D eigenvalue weighted by atomic mass is 35.5. The van der Waals surface area contributed by atoms with E-state index >= 15 is 0 Å². The van der Waals surface area contributed by atoms with E-state index in [9.17, 15) is 9.59 Å². The van der Waals surface area contributed by atoms with Crippen molar-refractivity contribution in [3.8, 4) is 0 Å². The average Bonchev–Trinajstić information content (AvgIpc) is 2.47. The molecule has 1 aromatic carbocycles. The third kappa shape index (κ3) is 5.19. The predicted octanol–water partition coefficient (Wildman–Crippen LogP) is 0.706. The maximum absolute atomic E-state index is 11.7. The van der Waals surface area contributed by atoms with Gasteiger partial charge in [0.05, 0.1) is 6.54 Å². The van der Waals surface area contributed by atoms with E-state index < -0.39 is 0 Å². The smallest absolute Gasteiger partial charge is 0.251 e. The SMILES string of the molecule is Cl.O=C(CNC(=O)c1ccccc1)NC1CCCNC1. The van der Waals surface area contributed by atoms with E-state index in [1.807, 2.05) is 6.07 Å². The summed E-state index contributed by atoms with van der Waals surface area (Å²) < 4.78 is 0. The highest BCUT2D eigenvalue weighted by molar-refractivity contribution is 5.96. The molecule has 1 fully saturated rings. The molecule has 1 aliphatic rings. The monoisotopic (exact) mass is 297 g/mol. The van der Waals surface area contributed by atoms with E-state index in [2.05, 4.69) is 16.0 Å². The molecular formula is C14H20ClN3O2. The Labute approximate surface area is 124 Å². The largest absolute Gasteiger partial charge is 0.351 e. The van der Waals surface area contributed by atoms with Gasteiger partial charge in [0.1, 0.15) is 0 Å². The van der Waals surface area contributed by atoms with Crippen LogP contribution in [0.1, 0.15) is 23.2 Å². The molecule has 1 aromatic rings. The molecule has 2 rings (SSSR count). The molecule has 1 unspecified atom stereocenters. The molecule has 1 saturated heterocycles. The van der Waals surface area contributed by atoms with Crippen molar-refractivity contribution in [1.29, 1.82) is 0 Å². The third-order valence-corrected chi connectivity index (χ3v) is 3.11. The number of halogens is 1. The molecule has 0 aromatic heterocycles. The summed E-state index contributed by atoms with van der Waals surface area (Å²) in [4.78, 5) is 23.4. The van der Waals surface area contributed by atoms with Crippen LogP contribution in [0, 0.1) is 0 Å². The highest BCUT2D eigenvalue weighted by Crippen LogP contribution is 2.01. The van der Waals surface area contributed by atoms with Crippen LogP contribution in [0.3, 0.4) is 0 Å². The number of benzene rings is 1. The van der Waals surface area contributed by atoms with Gasteiger partial charge in [-0.2, -0.15) is 0 Å². The van der Waals surface area contributed by atoms with Gasteiger partial charge in [-0.25, -0.2) is 0 Å². The van der Waals surface area contributed by atoms with Crippen LogP contribution in [-0.2, 0) is 4.79 Å². The molecular weight excluding hydrogens is 278 g/mol. The van der Waals surface area contributed by atoms with Crippen molar-refractivity contribution in [3.05, 3.63) is 35.9 Å². The topological polar surface area (TPSA) is 70.2 Å². The minimum absolute atomic E-state index is 0. The van der Waals surface area contributed by atoms with E-state index in [-0.39, 0.29) is 36.8 Å². The molecule has 0 radical (unpaired) electrons. The number of rotatable bonds is 4. The Hall–Kier alpha value is -1.59. The van der Waals surface area contributed by atoms with Gasteiger partial charge in [0.15, 0.2) is 0 Å². The Kier molecular flexibility index (Phi) is 7.04. The lowest BCUT2D eigenvalue weighted by Gasteiger charge is -2.23. The first-order chi connectivity index (χ1) is 9.25. The Bertz CT molecular complexity index is 433. The predicted molar refractivity (Wildman–Crippen MR) is 80.1 cm³/mol. The summed E-state index contributed by atoms with van der Waals surface area (Å²) in [6.07, 6.45) is 2.06. The van der Waals surface area contributed by atoms with E-state index in [4.69, 9.17) is 0 Å². The summed E-state index contributed by atoms with van der Waals surface area (Å²) in [7, 11) is 0. The molecule has 0 saturated carbocycles. The molecule has 20 heavy (non-hydrogen) atoms. The minimum atomic E-state index is -0.225. The van der Waals surface area contributed by atoms with Gasteiger partial charge in [0, 0.05) is 18.2 Å². The van der Waals surface area contributed by atoms with Crippen molar-refractivity contribution in [2.24, 2.45) is 0 Å². The van der Waals surface area contributed by atoms with E-state index in [1.54, 1.807) is 24.3 Å². The molecule has 5 nitrogen and oxygen atoms in total. The first-order valence-corrected chi connectivity index (χ1v) is 6.59. The van der Waals surface area contributed by atoms with E-state index in [1.165, 1.54) is 0 Å². The number of carbonyl (C=O) groups is 2. The zero-order valence-corrected chi connectivity index (χ0v) is 12.0. The van der Waals surface area contributed by atoms with Crippen LogP contribution in [-0.4, -0.2) is 37.5 Å². The molecule has 1 atom stereocenters. The Morgan fingerprint density at radius 1 is 1.25 bits per heavy atom. The summed E-state index contributed by atoms with van der Waals surface area (Å²) in [5.74, 6) is -0.365. The van der Waals surface area contributed by atoms with Crippen LogP contribution in [0.5, 0.6) is 0 Å². The lowest BCUT2D eigenvalue weighted by atomic mass is 10.1. The van der Waals surface area contributed by atoms with Gasteiger partial charge in [0.2, 0.25) is 5.91 Å². The lowest BCUT2D eigenvalue weighted by molar-refractivity contribution is -0.120. The Balaban J connectivity index is 0.00000200. The van der Waals surface area contributed by atoms with Gasteiger partial charge < -0.3 is 16.0 Å². The second-order valence-electron chi connectivity index (χ2n) is 4.66. The lowest BCUT2D eigenvalue weighted by Crippen LogP contribution is -2.48. The summed E-state index contributed by atoms with van der Waals surface area (Å²) in [5, 5.41) is 8.76. The van der Waals surface area contributed by atoms with Crippen molar-refractivity contribution in [3.63, 3.8) is 0 Å². The van der Waals surface area contributed by atoms with Gasteiger partial charge in [0.25, 0.3) is 5.91 Å². The fourth-order valence-corrected chi connectivity index (χ4v) is 2.11. The van der Waals surface area contributed by atoms with Gasteiger partial charge in [-0.05, 0) is 31.5 Å². The first kappa shape index (κ1) is 16.5. The van der Waals surface area contributed by atoms with Gasteiger partial charge >= 0.3 is 0 Å². The summed E-state index contributed by atoms with van der Waals surface area (Å²) in [6, 6.07) is 9.05. The molecule has 0 bridgehead atoms. The maximum atomic E-state index is 11.7. The molecule has 0 aliphatic carbocycles. The molecule has 1 aliphatic heterocycles. The normalized spacial score (nSPS) is 17.7. The minimum Gasteiger partial charge on any atom is -0.351 e. The Morgan fingerprint density at radius 2 is 2.00 bits per heavy atom. The van der Waals surface area contributed by atoms with Crippen LogP contribution >= 0.6 is 12.4 Å². The number of hydrogen-bond acceptors (Lipinski definition) is 3. The maximum Gasteiger partial charge on any atom is 0.251 e. The van der Waals surface area contributed by atoms with Crippen molar-refractivity contribution < 1.29 is 9.59 Å². The Morgan fingerprint density at radius 3 is 2.65 bits per heavy atom. The quantitative estimate of drug-likeness (QED) is 0.766. The van der Waals surface area contributed by atoms with Crippen LogP contribution in [0.4, 0.5) is 0 Å². The molecule has 110 valence electrons. The molecule has 0 spiro atoms. The van der Waals surface area contributed by atoms with Gasteiger partial charge in [-0.15, -0.1) is 12.4 Å². The van der Waals surface area contributed by atoms with Crippen molar-refractivity contribution in [2.45, 2.75) is 18.9 Å². The van der Waals surface area contributed by atoms with Crippen LogP contribution in [0.25, 0.3) is 0 Å². The number of hydrogen-bond donors (Lipinski definition) is 3. The zero-order chi connectivity index (χ0) is 13.5. The fourth-order valence-electron chi connectivity index (χ4n) is 2.11. The molecule has 6 heteroatoms. The van der Waals surface area contributed by atoms with Crippen molar-refractivity contribution >= 4 is 24.2 Å². The fraction of sp³-hybridized carbons (Fsp3) is 0.429. The number of piperidine rings is 1. The summed E-state index contributed by atoms with van der Waals surface area (Å²) in [6.45, 7) is 1.83. The molecule has 3 N–H and O–H groups in total. The summed E-state index contributed by atoms with van der Waals surface area (Å²) >= 11 is 0. The molecule has 2 amide bonds.